The first-order valence-electron chi connectivity index (χ1n) is 11.3. The van der Waals surface area contributed by atoms with Gasteiger partial charge >= 0.3 is 0 Å². The lowest BCUT2D eigenvalue weighted by Crippen LogP contribution is -2.30. The third-order valence-corrected chi connectivity index (χ3v) is 6.26. The van der Waals surface area contributed by atoms with Crippen LogP contribution in [-0.4, -0.2) is 36.6 Å². The van der Waals surface area contributed by atoms with Crippen LogP contribution in [-0.2, 0) is 19.5 Å². The van der Waals surface area contributed by atoms with E-state index in [1.165, 1.54) is 23.5 Å². The minimum Gasteiger partial charge on any atom is -0.858 e. The van der Waals surface area contributed by atoms with Crippen LogP contribution in [0.1, 0.15) is 32.6 Å². The minimum absolute atomic E-state index is 0.0856. The van der Waals surface area contributed by atoms with E-state index in [-0.39, 0.29) is 23.0 Å². The van der Waals surface area contributed by atoms with Crippen LogP contribution in [0, 0.1) is 0 Å². The number of nitrogens with zero attached hydrogens (tertiary/aromatic N) is 4. The highest BCUT2D eigenvalue weighted by atomic mass is 35.5. The van der Waals surface area contributed by atoms with Crippen LogP contribution < -0.4 is 27.1 Å². The fourth-order valence-electron chi connectivity index (χ4n) is 4.01. The van der Waals surface area contributed by atoms with Gasteiger partial charge in [-0.3, -0.25) is 14.8 Å². The molecule has 10 heteroatoms. The second-order valence-corrected chi connectivity index (χ2v) is 8.99. The van der Waals surface area contributed by atoms with Crippen LogP contribution in [0.15, 0.2) is 70.8 Å². The van der Waals surface area contributed by atoms with Gasteiger partial charge in [0.2, 0.25) is 0 Å². The maximum absolute atomic E-state index is 12.9. The predicted molar refractivity (Wildman–Crippen MR) is 142 cm³/mol. The summed E-state index contributed by atoms with van der Waals surface area (Å²) >= 11 is 6.20. The number of nitrogens with one attached hydrogen (secondary N) is 1. The lowest BCUT2D eigenvalue weighted by molar-refractivity contribution is -0.213. The Labute approximate surface area is 214 Å². The Balaban J connectivity index is 1.46. The number of nitrogens with two attached hydrogens (primary N) is 2. The molecule has 36 heavy (non-hydrogen) atoms. The largest absolute Gasteiger partial charge is 0.858 e. The Kier molecular flexibility index (Phi) is 7.84. The van der Waals surface area contributed by atoms with Crippen molar-refractivity contribution in [1.29, 1.82) is 0 Å². The lowest BCUT2D eigenvalue weighted by atomic mass is 9.99. The number of fused-ring (bicyclic) bond motifs is 1. The minimum atomic E-state index is -0.506. The summed E-state index contributed by atoms with van der Waals surface area (Å²) in [7, 11) is 2.09. The highest BCUT2D eigenvalue weighted by molar-refractivity contribution is 6.33. The van der Waals surface area contributed by atoms with E-state index in [9.17, 15) is 9.90 Å². The molecule has 0 spiro atoms. The second-order valence-electron chi connectivity index (χ2n) is 8.58. The molecule has 186 valence electrons. The molecule has 1 aliphatic heterocycles. The van der Waals surface area contributed by atoms with Gasteiger partial charge in [-0.1, -0.05) is 29.8 Å². The Bertz CT molecular complexity index is 1330. The first kappa shape index (κ1) is 25.2. The average Bonchev–Trinajstić information content (AvgIpc) is 2.87. The fraction of sp³-hybridized carbons (Fsp3) is 0.192. The topological polar surface area (TPSA) is 135 Å². The third kappa shape index (κ3) is 6.01. The van der Waals surface area contributed by atoms with E-state index < -0.39 is 5.90 Å². The molecular formula is C26H27ClN7O2-. The van der Waals surface area contributed by atoms with Gasteiger partial charge in [-0.2, -0.15) is 5.10 Å². The van der Waals surface area contributed by atoms with Crippen molar-refractivity contribution in [3.63, 3.8) is 0 Å². The van der Waals surface area contributed by atoms with Crippen molar-refractivity contribution >= 4 is 41.1 Å². The quantitative estimate of drug-likeness (QED) is 0.196. The Morgan fingerprint density at radius 1 is 1.19 bits per heavy atom. The molecule has 0 radical (unpaired) electrons. The molecule has 0 fully saturated rings. The maximum atomic E-state index is 12.9. The Morgan fingerprint density at radius 2 is 2.03 bits per heavy atom. The Morgan fingerprint density at radius 3 is 2.83 bits per heavy atom. The molecular weight excluding hydrogens is 478 g/mol. The van der Waals surface area contributed by atoms with Gasteiger partial charge in [-0.05, 0) is 78.5 Å². The van der Waals surface area contributed by atoms with Crippen LogP contribution in [0.4, 0.5) is 11.4 Å². The molecule has 0 atom stereocenters. The molecule has 3 aromatic carbocycles. The van der Waals surface area contributed by atoms with Gasteiger partial charge in [0, 0.05) is 34.9 Å². The number of rotatable bonds is 7. The SMILES string of the molecule is CN1CCc2ccc(NC(=O)c3cccc(CN=C([O-])c4cc(N(N)/C=N\N)ccc4Cl)c3)cc2C1. The highest BCUT2D eigenvalue weighted by Gasteiger charge is 2.14. The summed E-state index contributed by atoms with van der Waals surface area (Å²) in [6, 6.07) is 17.7. The first-order chi connectivity index (χ1) is 17.3. The average molecular weight is 505 g/mol. The van der Waals surface area contributed by atoms with Crippen molar-refractivity contribution in [2.45, 2.75) is 19.5 Å². The van der Waals surface area contributed by atoms with Gasteiger partial charge in [0.25, 0.3) is 5.91 Å². The molecule has 0 unspecified atom stereocenters. The van der Waals surface area contributed by atoms with Gasteiger partial charge < -0.3 is 21.2 Å². The summed E-state index contributed by atoms with van der Waals surface area (Å²) < 4.78 is 0. The van der Waals surface area contributed by atoms with Crippen LogP contribution >= 0.6 is 11.6 Å². The zero-order chi connectivity index (χ0) is 25.7. The molecule has 1 aliphatic rings. The number of benzene rings is 3. The van der Waals surface area contributed by atoms with Crippen molar-refractivity contribution in [2.75, 3.05) is 23.9 Å². The van der Waals surface area contributed by atoms with E-state index in [1.54, 1.807) is 36.4 Å². The number of hydrazone groups is 1. The zero-order valence-corrected chi connectivity index (χ0v) is 20.6. The van der Waals surface area contributed by atoms with Crippen LogP contribution in [0.25, 0.3) is 0 Å². The summed E-state index contributed by atoms with van der Waals surface area (Å²) in [4.78, 5) is 19.3. The molecule has 0 aromatic heterocycles. The molecule has 3 aromatic rings. The monoisotopic (exact) mass is 504 g/mol. The van der Waals surface area contributed by atoms with E-state index in [2.05, 4.69) is 33.4 Å². The highest BCUT2D eigenvalue weighted by Crippen LogP contribution is 2.23. The molecule has 1 heterocycles. The van der Waals surface area contributed by atoms with Crippen molar-refractivity contribution in [1.82, 2.24) is 4.90 Å². The van der Waals surface area contributed by atoms with Crippen LogP contribution in [0.5, 0.6) is 0 Å². The number of carbonyl (C=O) groups excluding carboxylic acids is 1. The van der Waals surface area contributed by atoms with Crippen molar-refractivity contribution in [3.8, 4) is 0 Å². The van der Waals surface area contributed by atoms with Crippen molar-refractivity contribution in [3.05, 3.63) is 93.5 Å². The number of halogens is 1. The number of hydrogen-bond donors (Lipinski definition) is 3. The number of aliphatic imine (C=N–C) groups is 1. The van der Waals surface area contributed by atoms with Gasteiger partial charge in [0.15, 0.2) is 0 Å². The third-order valence-electron chi connectivity index (χ3n) is 5.93. The zero-order valence-electron chi connectivity index (χ0n) is 19.8. The molecule has 0 saturated heterocycles. The van der Waals surface area contributed by atoms with Gasteiger partial charge in [0.05, 0.1) is 12.2 Å². The smallest absolute Gasteiger partial charge is 0.255 e. The number of likely N-dealkylation sites (N-methyl/N-ethyl adjacent to an activating group) is 1. The number of carbonyl (C=O) groups is 1. The summed E-state index contributed by atoms with van der Waals surface area (Å²) in [6.45, 7) is 1.98. The number of hydrazine groups is 1. The summed E-state index contributed by atoms with van der Waals surface area (Å²) in [5.41, 5.74) is 5.15. The molecule has 4 rings (SSSR count). The van der Waals surface area contributed by atoms with Gasteiger partial charge in [-0.25, -0.2) is 5.84 Å². The van der Waals surface area contributed by atoms with E-state index in [0.29, 0.717) is 16.8 Å². The first-order valence-corrected chi connectivity index (χ1v) is 11.7. The standard InChI is InChI=1S/C26H28ClN7O2/c1-33-10-9-18-5-6-21(12-20(18)15-33)32-25(35)19-4-2-3-17(11-19)14-30-26(36)23-13-22(7-8-24(23)27)34(29)16-31-28/h2-8,11-13,16H,9-10,14-15,28-29H2,1H3,(H,30,36)(H,32,35)/p-1/b31-16-. The van der Waals surface area contributed by atoms with E-state index in [4.69, 9.17) is 23.3 Å². The van der Waals surface area contributed by atoms with E-state index >= 15 is 0 Å². The summed E-state index contributed by atoms with van der Waals surface area (Å²) in [5.74, 6) is 10.2. The summed E-state index contributed by atoms with van der Waals surface area (Å²) in [6.07, 6.45) is 2.21. The number of hydrogen-bond acceptors (Lipinski definition) is 7. The normalized spacial score (nSPS) is 14.0. The molecule has 0 aliphatic carbocycles. The predicted octanol–water partition coefficient (Wildman–Crippen LogP) is 2.47. The number of amides is 1. The second kappa shape index (κ2) is 11.2. The van der Waals surface area contributed by atoms with Crippen molar-refractivity contribution < 1.29 is 9.90 Å². The van der Waals surface area contributed by atoms with Gasteiger partial charge in [0.1, 0.15) is 6.34 Å². The van der Waals surface area contributed by atoms with E-state index in [0.717, 1.165) is 30.2 Å². The van der Waals surface area contributed by atoms with E-state index in [1.807, 2.05) is 12.1 Å². The van der Waals surface area contributed by atoms with Gasteiger partial charge in [-0.15, -0.1) is 0 Å². The lowest BCUT2D eigenvalue weighted by Gasteiger charge is -2.25. The molecule has 0 bridgehead atoms. The summed E-state index contributed by atoms with van der Waals surface area (Å²) in [5, 5.41) is 20.5. The molecule has 0 saturated carbocycles. The van der Waals surface area contributed by atoms with Crippen molar-refractivity contribution in [2.24, 2.45) is 21.8 Å². The fourth-order valence-corrected chi connectivity index (χ4v) is 4.21. The maximum Gasteiger partial charge on any atom is 0.255 e. The van der Waals surface area contributed by atoms with Crippen LogP contribution in [0.2, 0.25) is 5.02 Å². The Hall–Kier alpha value is -3.92. The molecule has 5 N–H and O–H groups in total. The molecule has 9 nitrogen and oxygen atoms in total. The number of anilines is 2. The van der Waals surface area contributed by atoms with Crippen LogP contribution in [0.3, 0.4) is 0 Å². The molecule has 1 amide bonds.